The monoisotopic (exact) mass is 343 g/mol. The number of nitrogens with zero attached hydrogens (tertiary/aromatic N) is 1. The average Bonchev–Trinajstić information content (AvgIpc) is 2.93. The molecular weight excluding hydrogens is 318 g/mol. The van der Waals surface area contributed by atoms with Crippen molar-refractivity contribution in [1.82, 2.24) is 4.57 Å². The fourth-order valence-electron chi connectivity index (χ4n) is 2.20. The lowest BCUT2D eigenvalue weighted by atomic mass is 10.1. The standard InChI is InChI=1S/C20H25NO4/c1-19(2,3)24-17(22)15-11-9-14(10-12-15)16-8-7-13-21(16)18(23)25-20(4,5)6/h7-13H,1-6H3. The highest BCUT2D eigenvalue weighted by Gasteiger charge is 2.21. The van der Waals surface area contributed by atoms with Gasteiger partial charge in [0.15, 0.2) is 0 Å². The van der Waals surface area contributed by atoms with E-state index in [9.17, 15) is 9.59 Å². The van der Waals surface area contributed by atoms with E-state index >= 15 is 0 Å². The van der Waals surface area contributed by atoms with Gasteiger partial charge in [0.25, 0.3) is 0 Å². The molecule has 0 saturated carbocycles. The zero-order valence-electron chi connectivity index (χ0n) is 15.6. The molecule has 0 fully saturated rings. The molecule has 2 aromatic rings. The maximum atomic E-state index is 12.3. The molecule has 134 valence electrons. The Labute approximate surface area is 148 Å². The van der Waals surface area contributed by atoms with Gasteiger partial charge in [-0.3, -0.25) is 4.57 Å². The van der Waals surface area contributed by atoms with Crippen LogP contribution in [-0.2, 0) is 9.47 Å². The van der Waals surface area contributed by atoms with Crippen LogP contribution in [0.5, 0.6) is 0 Å². The summed E-state index contributed by atoms with van der Waals surface area (Å²) in [6.45, 7) is 10.9. The predicted octanol–water partition coefficient (Wildman–Crippen LogP) is 4.89. The molecule has 1 heterocycles. The molecule has 25 heavy (non-hydrogen) atoms. The summed E-state index contributed by atoms with van der Waals surface area (Å²) >= 11 is 0. The Morgan fingerprint density at radius 2 is 1.40 bits per heavy atom. The van der Waals surface area contributed by atoms with Gasteiger partial charge in [-0.2, -0.15) is 0 Å². The van der Waals surface area contributed by atoms with Crippen LogP contribution in [0.4, 0.5) is 4.79 Å². The largest absolute Gasteiger partial charge is 0.456 e. The minimum atomic E-state index is -0.570. The van der Waals surface area contributed by atoms with Gasteiger partial charge in [-0.1, -0.05) is 12.1 Å². The topological polar surface area (TPSA) is 57.5 Å². The lowest BCUT2D eigenvalue weighted by Crippen LogP contribution is -2.27. The minimum absolute atomic E-state index is 0.374. The summed E-state index contributed by atoms with van der Waals surface area (Å²) in [6.07, 6.45) is 1.22. The number of hydrogen-bond donors (Lipinski definition) is 0. The molecule has 0 aliphatic carbocycles. The summed E-state index contributed by atoms with van der Waals surface area (Å²) < 4.78 is 12.2. The van der Waals surface area contributed by atoms with E-state index in [1.54, 1.807) is 36.5 Å². The van der Waals surface area contributed by atoms with Crippen LogP contribution < -0.4 is 0 Å². The Hall–Kier alpha value is -2.56. The molecule has 0 N–H and O–H groups in total. The Morgan fingerprint density at radius 1 is 0.840 bits per heavy atom. The number of ether oxygens (including phenoxy) is 2. The first-order chi connectivity index (χ1) is 11.5. The second kappa shape index (κ2) is 6.75. The van der Waals surface area contributed by atoms with Crippen LogP contribution in [0.25, 0.3) is 11.3 Å². The van der Waals surface area contributed by atoms with Crippen molar-refractivity contribution < 1.29 is 19.1 Å². The first kappa shape index (κ1) is 18.8. The molecule has 5 nitrogen and oxygen atoms in total. The van der Waals surface area contributed by atoms with Crippen LogP contribution in [0.1, 0.15) is 51.9 Å². The van der Waals surface area contributed by atoms with Crippen molar-refractivity contribution in [2.75, 3.05) is 0 Å². The second-order valence-corrected chi connectivity index (χ2v) is 7.82. The van der Waals surface area contributed by atoms with Gasteiger partial charge in [0.2, 0.25) is 0 Å². The van der Waals surface area contributed by atoms with Crippen LogP contribution in [-0.4, -0.2) is 27.8 Å². The third-order valence-corrected chi connectivity index (χ3v) is 3.15. The molecule has 0 spiro atoms. The van der Waals surface area contributed by atoms with Crippen molar-refractivity contribution in [2.45, 2.75) is 52.7 Å². The number of esters is 1. The Kier molecular flexibility index (Phi) is 5.07. The van der Waals surface area contributed by atoms with Crippen molar-refractivity contribution >= 4 is 12.1 Å². The molecule has 0 radical (unpaired) electrons. The molecular formula is C20H25NO4. The molecule has 0 aliphatic rings. The zero-order chi connectivity index (χ0) is 18.8. The van der Waals surface area contributed by atoms with Gasteiger partial charge < -0.3 is 9.47 Å². The van der Waals surface area contributed by atoms with Crippen molar-refractivity contribution in [3.8, 4) is 11.3 Å². The number of benzene rings is 1. The van der Waals surface area contributed by atoms with E-state index in [4.69, 9.17) is 9.47 Å². The highest BCUT2D eigenvalue weighted by Crippen LogP contribution is 2.23. The number of carbonyl (C=O) groups excluding carboxylic acids is 2. The van der Waals surface area contributed by atoms with Crippen LogP contribution in [0, 0.1) is 0 Å². The van der Waals surface area contributed by atoms with Crippen molar-refractivity contribution in [2.24, 2.45) is 0 Å². The number of carbonyl (C=O) groups is 2. The Balaban J connectivity index is 2.23. The summed E-state index contributed by atoms with van der Waals surface area (Å²) in [4.78, 5) is 24.4. The molecule has 5 heteroatoms. The molecule has 0 saturated heterocycles. The average molecular weight is 343 g/mol. The maximum Gasteiger partial charge on any atom is 0.418 e. The van der Waals surface area contributed by atoms with Gasteiger partial charge in [-0.25, -0.2) is 9.59 Å². The molecule has 0 amide bonds. The Bertz CT molecular complexity index is 758. The lowest BCUT2D eigenvalue weighted by Gasteiger charge is -2.20. The molecule has 0 atom stereocenters. The second-order valence-electron chi connectivity index (χ2n) is 7.82. The quantitative estimate of drug-likeness (QED) is 0.728. The summed E-state index contributed by atoms with van der Waals surface area (Å²) in [7, 11) is 0. The van der Waals surface area contributed by atoms with E-state index in [0.717, 1.165) is 5.56 Å². The maximum absolute atomic E-state index is 12.3. The number of aromatic nitrogens is 1. The highest BCUT2D eigenvalue weighted by atomic mass is 16.6. The normalized spacial score (nSPS) is 11.9. The van der Waals surface area contributed by atoms with Gasteiger partial charge >= 0.3 is 12.1 Å². The van der Waals surface area contributed by atoms with E-state index < -0.39 is 17.3 Å². The summed E-state index contributed by atoms with van der Waals surface area (Å²) in [6, 6.07) is 10.6. The minimum Gasteiger partial charge on any atom is -0.456 e. The number of rotatable bonds is 2. The van der Waals surface area contributed by atoms with E-state index in [2.05, 4.69) is 0 Å². The van der Waals surface area contributed by atoms with Crippen molar-refractivity contribution in [1.29, 1.82) is 0 Å². The van der Waals surface area contributed by atoms with Crippen LogP contribution >= 0.6 is 0 Å². The fourth-order valence-corrected chi connectivity index (χ4v) is 2.20. The van der Waals surface area contributed by atoms with Gasteiger partial charge in [0.05, 0.1) is 11.3 Å². The van der Waals surface area contributed by atoms with Crippen LogP contribution in [0.15, 0.2) is 42.6 Å². The van der Waals surface area contributed by atoms with Crippen molar-refractivity contribution in [3.63, 3.8) is 0 Å². The fraction of sp³-hybridized carbons (Fsp3) is 0.400. The van der Waals surface area contributed by atoms with Gasteiger partial charge in [-0.05, 0) is 71.4 Å². The first-order valence-electron chi connectivity index (χ1n) is 8.21. The van der Waals surface area contributed by atoms with Gasteiger partial charge in [0, 0.05) is 6.20 Å². The molecule has 0 aliphatic heterocycles. The third-order valence-electron chi connectivity index (χ3n) is 3.15. The van der Waals surface area contributed by atoms with Crippen LogP contribution in [0.2, 0.25) is 0 Å². The van der Waals surface area contributed by atoms with E-state index in [-0.39, 0.29) is 5.97 Å². The van der Waals surface area contributed by atoms with E-state index in [1.165, 1.54) is 4.57 Å². The molecule has 1 aromatic heterocycles. The van der Waals surface area contributed by atoms with Gasteiger partial charge in [-0.15, -0.1) is 0 Å². The molecule has 2 rings (SSSR count). The first-order valence-corrected chi connectivity index (χ1v) is 8.21. The molecule has 0 unspecified atom stereocenters. The van der Waals surface area contributed by atoms with Gasteiger partial charge in [0.1, 0.15) is 11.2 Å². The summed E-state index contributed by atoms with van der Waals surface area (Å²) in [5, 5.41) is 0. The van der Waals surface area contributed by atoms with E-state index in [1.807, 2.05) is 47.6 Å². The molecule has 1 aromatic carbocycles. The summed E-state index contributed by atoms with van der Waals surface area (Å²) in [5.74, 6) is -0.374. The number of hydrogen-bond acceptors (Lipinski definition) is 4. The lowest BCUT2D eigenvalue weighted by molar-refractivity contribution is 0.00692. The highest BCUT2D eigenvalue weighted by molar-refractivity contribution is 5.90. The van der Waals surface area contributed by atoms with Crippen LogP contribution in [0.3, 0.4) is 0 Å². The molecule has 0 bridgehead atoms. The Morgan fingerprint density at radius 3 is 1.92 bits per heavy atom. The predicted molar refractivity (Wildman–Crippen MR) is 96.7 cm³/mol. The van der Waals surface area contributed by atoms with Crippen molar-refractivity contribution in [3.05, 3.63) is 48.2 Å². The summed E-state index contributed by atoms with van der Waals surface area (Å²) in [5.41, 5.74) is 0.864. The zero-order valence-corrected chi connectivity index (χ0v) is 15.6. The third kappa shape index (κ3) is 5.21. The SMILES string of the molecule is CC(C)(C)OC(=O)c1ccc(-c2cccn2C(=O)OC(C)(C)C)cc1. The van der Waals surface area contributed by atoms with E-state index in [0.29, 0.717) is 11.3 Å². The smallest absolute Gasteiger partial charge is 0.418 e.